The molecule has 0 aliphatic rings. The molecule has 0 bridgehead atoms. The molecule has 8 heteroatoms. The summed E-state index contributed by atoms with van der Waals surface area (Å²) in [5.74, 6) is 0.00286. The van der Waals surface area contributed by atoms with E-state index in [1.807, 2.05) is 19.1 Å². The maximum atomic E-state index is 12.2. The van der Waals surface area contributed by atoms with Crippen molar-refractivity contribution >= 4 is 34.6 Å². The number of nitrogens with zero attached hydrogens (tertiary/aromatic N) is 1. The van der Waals surface area contributed by atoms with E-state index in [-0.39, 0.29) is 16.7 Å². The topological polar surface area (TPSA) is 93.5 Å². The number of rotatable bonds is 4. The van der Waals surface area contributed by atoms with E-state index >= 15 is 0 Å². The van der Waals surface area contributed by atoms with Gasteiger partial charge in [-0.25, -0.2) is 0 Å². The van der Waals surface area contributed by atoms with Gasteiger partial charge in [0.25, 0.3) is 11.6 Å². The van der Waals surface area contributed by atoms with Gasteiger partial charge in [0.2, 0.25) is 0 Å². The first-order valence-corrected chi connectivity index (χ1v) is 7.33. The first-order valence-electron chi connectivity index (χ1n) is 6.92. The molecule has 0 radical (unpaired) electrons. The maximum absolute atomic E-state index is 12.2. The van der Waals surface area contributed by atoms with Gasteiger partial charge in [0.15, 0.2) is 5.11 Å². The van der Waals surface area contributed by atoms with E-state index in [0.717, 1.165) is 5.56 Å². The smallest absolute Gasteiger partial charge is 0.271 e. The minimum atomic E-state index is -0.528. The van der Waals surface area contributed by atoms with Crippen molar-refractivity contribution < 1.29 is 14.5 Å². The summed E-state index contributed by atoms with van der Waals surface area (Å²) >= 11 is 5.10. The van der Waals surface area contributed by atoms with E-state index in [2.05, 4.69) is 10.6 Å². The van der Waals surface area contributed by atoms with Gasteiger partial charge in [-0.2, -0.15) is 0 Å². The molecule has 0 heterocycles. The van der Waals surface area contributed by atoms with E-state index in [1.54, 1.807) is 12.1 Å². The Bertz CT molecular complexity index is 808. The fourth-order valence-corrected chi connectivity index (χ4v) is 2.26. The average molecular weight is 345 g/mol. The fraction of sp³-hybridized carbons (Fsp3) is 0.125. The Morgan fingerprint density at radius 2 is 1.96 bits per heavy atom. The fourth-order valence-electron chi connectivity index (χ4n) is 2.06. The summed E-state index contributed by atoms with van der Waals surface area (Å²) in [6.07, 6.45) is 0. The Kier molecular flexibility index (Phi) is 5.43. The third-order valence-electron chi connectivity index (χ3n) is 3.26. The predicted molar refractivity (Wildman–Crippen MR) is 94.5 cm³/mol. The molecule has 0 fully saturated rings. The Labute approximate surface area is 143 Å². The Balaban J connectivity index is 2.15. The highest BCUT2D eigenvalue weighted by Gasteiger charge is 2.14. The van der Waals surface area contributed by atoms with Crippen LogP contribution in [-0.2, 0) is 0 Å². The number of benzene rings is 2. The van der Waals surface area contributed by atoms with Crippen LogP contribution in [0.1, 0.15) is 15.9 Å². The maximum Gasteiger partial charge on any atom is 0.271 e. The Morgan fingerprint density at radius 1 is 1.25 bits per heavy atom. The summed E-state index contributed by atoms with van der Waals surface area (Å²) in [6.45, 7) is 1.81. The number of hydrogen-bond donors (Lipinski definition) is 2. The van der Waals surface area contributed by atoms with Crippen LogP contribution >= 0.6 is 12.2 Å². The highest BCUT2D eigenvalue weighted by atomic mass is 32.1. The molecule has 0 aliphatic carbocycles. The van der Waals surface area contributed by atoms with E-state index in [9.17, 15) is 14.9 Å². The molecule has 0 aliphatic heterocycles. The lowest BCUT2D eigenvalue weighted by Gasteiger charge is -2.13. The average Bonchev–Trinajstić information content (AvgIpc) is 2.54. The molecule has 2 aromatic rings. The zero-order valence-corrected chi connectivity index (χ0v) is 13.8. The molecule has 0 aromatic heterocycles. The van der Waals surface area contributed by atoms with Crippen LogP contribution < -0.4 is 15.4 Å². The Morgan fingerprint density at radius 3 is 2.58 bits per heavy atom. The zero-order valence-electron chi connectivity index (χ0n) is 13.0. The van der Waals surface area contributed by atoms with Gasteiger partial charge >= 0.3 is 0 Å². The summed E-state index contributed by atoms with van der Waals surface area (Å²) in [5, 5.41) is 16.2. The second-order valence-electron chi connectivity index (χ2n) is 4.86. The highest BCUT2D eigenvalue weighted by Crippen LogP contribution is 2.28. The first kappa shape index (κ1) is 17.4. The summed E-state index contributed by atoms with van der Waals surface area (Å²) in [5.41, 5.74) is 1.48. The normalized spacial score (nSPS) is 9.92. The number of non-ortho nitro benzene ring substituents is 1. The summed E-state index contributed by atoms with van der Waals surface area (Å²) in [4.78, 5) is 22.6. The predicted octanol–water partition coefficient (Wildman–Crippen LogP) is 3.04. The number of methoxy groups -OCH3 is 1. The number of anilines is 1. The lowest BCUT2D eigenvalue weighted by atomic mass is 10.1. The lowest BCUT2D eigenvalue weighted by molar-refractivity contribution is -0.384. The number of hydrogen-bond acceptors (Lipinski definition) is 5. The number of nitro benzene ring substituents is 1. The van der Waals surface area contributed by atoms with Crippen LogP contribution in [0.25, 0.3) is 0 Å². The molecule has 0 atom stereocenters. The molecule has 24 heavy (non-hydrogen) atoms. The van der Waals surface area contributed by atoms with Crippen molar-refractivity contribution in [1.29, 1.82) is 0 Å². The van der Waals surface area contributed by atoms with Gasteiger partial charge in [-0.3, -0.25) is 20.2 Å². The van der Waals surface area contributed by atoms with Gasteiger partial charge in [-0.15, -0.1) is 0 Å². The third-order valence-corrected chi connectivity index (χ3v) is 3.46. The largest absolute Gasteiger partial charge is 0.495 e. The third kappa shape index (κ3) is 4.05. The quantitative estimate of drug-likeness (QED) is 0.502. The van der Waals surface area contributed by atoms with Crippen LogP contribution in [0.15, 0.2) is 42.5 Å². The van der Waals surface area contributed by atoms with Gasteiger partial charge in [0.05, 0.1) is 17.7 Å². The number of nitrogens with one attached hydrogen (secondary N) is 2. The van der Waals surface area contributed by atoms with Gasteiger partial charge < -0.3 is 10.1 Å². The molecule has 0 unspecified atom stereocenters. The van der Waals surface area contributed by atoms with Gasteiger partial charge in [-0.05, 0) is 36.8 Å². The molecular formula is C16H15N3O4S. The van der Waals surface area contributed by atoms with Crippen molar-refractivity contribution in [2.24, 2.45) is 0 Å². The van der Waals surface area contributed by atoms with Gasteiger partial charge in [-0.1, -0.05) is 18.2 Å². The van der Waals surface area contributed by atoms with E-state index < -0.39 is 4.92 Å². The van der Waals surface area contributed by atoms with Crippen LogP contribution in [0.2, 0.25) is 0 Å². The summed E-state index contributed by atoms with van der Waals surface area (Å²) < 4.78 is 5.13. The molecule has 2 aromatic carbocycles. The molecule has 1 amide bonds. The van der Waals surface area contributed by atoms with Crippen molar-refractivity contribution in [2.75, 3.05) is 12.4 Å². The summed E-state index contributed by atoms with van der Waals surface area (Å²) in [6, 6.07) is 11.1. The number of nitro groups is 1. The molecular weight excluding hydrogens is 330 g/mol. The molecule has 0 saturated carbocycles. The van der Waals surface area contributed by atoms with Crippen LogP contribution in [0.4, 0.5) is 11.4 Å². The van der Waals surface area contributed by atoms with Crippen LogP contribution in [0, 0.1) is 17.0 Å². The summed E-state index contributed by atoms with van der Waals surface area (Å²) in [7, 11) is 1.43. The number of thiocarbonyl (C=S) groups is 1. The molecule has 124 valence electrons. The second-order valence-corrected chi connectivity index (χ2v) is 5.27. The minimum Gasteiger partial charge on any atom is -0.495 e. The monoisotopic (exact) mass is 345 g/mol. The number of carbonyl (C=O) groups excluding carboxylic acids is 1. The number of ether oxygens (including phenoxy) is 1. The van der Waals surface area contributed by atoms with Crippen LogP contribution in [-0.4, -0.2) is 23.1 Å². The Hall–Kier alpha value is -3.00. The molecule has 0 spiro atoms. The van der Waals surface area contributed by atoms with Crippen LogP contribution in [0.3, 0.4) is 0 Å². The molecule has 7 nitrogen and oxygen atoms in total. The van der Waals surface area contributed by atoms with Gasteiger partial charge in [0.1, 0.15) is 5.75 Å². The van der Waals surface area contributed by atoms with Crippen molar-refractivity contribution in [3.63, 3.8) is 0 Å². The van der Waals surface area contributed by atoms with Gasteiger partial charge in [0, 0.05) is 17.7 Å². The van der Waals surface area contributed by atoms with E-state index in [4.69, 9.17) is 17.0 Å². The zero-order chi connectivity index (χ0) is 17.7. The van der Waals surface area contributed by atoms with Crippen molar-refractivity contribution in [3.8, 4) is 5.75 Å². The van der Waals surface area contributed by atoms with Crippen molar-refractivity contribution in [1.82, 2.24) is 5.32 Å². The SMILES string of the molecule is COc1ccc([N+](=O)[O-])cc1NC(=S)NC(=O)c1ccccc1C. The van der Waals surface area contributed by atoms with Crippen LogP contribution in [0.5, 0.6) is 5.75 Å². The molecule has 0 saturated heterocycles. The minimum absolute atomic E-state index is 0.0158. The number of carbonyl (C=O) groups is 1. The highest BCUT2D eigenvalue weighted by molar-refractivity contribution is 7.80. The molecule has 2 rings (SSSR count). The second kappa shape index (κ2) is 7.51. The molecule has 2 N–H and O–H groups in total. The lowest BCUT2D eigenvalue weighted by Crippen LogP contribution is -2.34. The van der Waals surface area contributed by atoms with E-state index in [0.29, 0.717) is 17.0 Å². The van der Waals surface area contributed by atoms with Crippen molar-refractivity contribution in [2.45, 2.75) is 6.92 Å². The van der Waals surface area contributed by atoms with E-state index in [1.165, 1.54) is 25.3 Å². The number of aryl methyl sites for hydroxylation is 1. The first-order chi connectivity index (χ1) is 11.4. The standard InChI is InChI=1S/C16H15N3O4S/c1-10-5-3-4-6-12(10)15(20)18-16(24)17-13-9-11(19(21)22)7-8-14(13)23-2/h3-9H,1-2H3,(H2,17,18,20,24). The number of amides is 1. The van der Waals surface area contributed by atoms with Crippen molar-refractivity contribution in [3.05, 3.63) is 63.7 Å².